The van der Waals surface area contributed by atoms with Gasteiger partial charge in [0.2, 0.25) is 11.8 Å². The fraction of sp³-hybridized carbons (Fsp3) is 0.444. The number of anilines is 1. The number of carbonyl (C=O) groups is 2. The van der Waals surface area contributed by atoms with Gasteiger partial charge >= 0.3 is 0 Å². The highest BCUT2D eigenvalue weighted by Gasteiger charge is 2.49. The van der Waals surface area contributed by atoms with Crippen LogP contribution in [0.15, 0.2) is 29.3 Å². The second kappa shape index (κ2) is 9.64. The summed E-state index contributed by atoms with van der Waals surface area (Å²) in [5.41, 5.74) is 1.72. The Bertz CT molecular complexity index is 1440. The summed E-state index contributed by atoms with van der Waals surface area (Å²) in [5.74, 6) is 0.320. The number of fused-ring (bicyclic) bond motifs is 5. The Balaban J connectivity index is 1.14. The summed E-state index contributed by atoms with van der Waals surface area (Å²) in [6.45, 7) is 0. The first-order valence-corrected chi connectivity index (χ1v) is 14.1. The summed E-state index contributed by atoms with van der Waals surface area (Å²) >= 11 is 7.76. The molecule has 3 aromatic rings. The summed E-state index contributed by atoms with van der Waals surface area (Å²) in [5, 5.41) is 6.23. The Morgan fingerprint density at radius 2 is 1.97 bits per heavy atom. The molecular weight excluding hydrogens is 529 g/mol. The van der Waals surface area contributed by atoms with Gasteiger partial charge in [0.25, 0.3) is 5.91 Å². The maximum absolute atomic E-state index is 14.8. The number of aryl methyl sites for hydroxylation is 1. The van der Waals surface area contributed by atoms with Crippen molar-refractivity contribution >= 4 is 52.0 Å². The number of nitrogens with one attached hydrogen (secondary N) is 2. The summed E-state index contributed by atoms with van der Waals surface area (Å²) < 4.78 is 20.1. The minimum atomic E-state index is -0.341. The predicted octanol–water partition coefficient (Wildman–Crippen LogP) is 5.33. The van der Waals surface area contributed by atoms with Gasteiger partial charge in [-0.1, -0.05) is 11.6 Å². The Hall–Kier alpha value is -2.98. The largest absolute Gasteiger partial charge is 0.481 e. The Morgan fingerprint density at radius 1 is 1.21 bits per heavy atom. The number of aromatic nitrogens is 3. The fourth-order valence-electron chi connectivity index (χ4n) is 6.09. The molecule has 0 saturated heterocycles. The van der Waals surface area contributed by atoms with E-state index in [1.165, 1.54) is 18.0 Å². The van der Waals surface area contributed by atoms with Crippen LogP contribution in [0.3, 0.4) is 0 Å². The van der Waals surface area contributed by atoms with E-state index in [-0.39, 0.29) is 39.3 Å². The zero-order valence-electron chi connectivity index (χ0n) is 20.9. The quantitative estimate of drug-likeness (QED) is 0.423. The SMILES string of the molecule is COc1ccc2ncc(F)c(CCC34CCC(NC(=O)c5nc6c(cc5Cl)SCC(=O)N6)(CC3)CC4)c2n1. The molecule has 38 heavy (non-hydrogen) atoms. The molecule has 3 saturated carbocycles. The molecule has 8 nitrogen and oxygen atoms in total. The van der Waals surface area contributed by atoms with Crippen molar-refractivity contribution < 1.29 is 18.7 Å². The summed E-state index contributed by atoms with van der Waals surface area (Å²) in [4.78, 5) is 38.8. The van der Waals surface area contributed by atoms with Crippen molar-refractivity contribution in [2.75, 3.05) is 18.2 Å². The van der Waals surface area contributed by atoms with E-state index in [2.05, 4.69) is 25.6 Å². The molecule has 1 aliphatic heterocycles. The predicted molar refractivity (Wildman–Crippen MR) is 143 cm³/mol. The smallest absolute Gasteiger partial charge is 0.271 e. The Morgan fingerprint density at radius 3 is 2.71 bits per heavy atom. The van der Waals surface area contributed by atoms with Crippen molar-refractivity contribution in [2.24, 2.45) is 5.41 Å². The maximum Gasteiger partial charge on any atom is 0.271 e. The van der Waals surface area contributed by atoms with Crippen molar-refractivity contribution in [1.29, 1.82) is 0 Å². The van der Waals surface area contributed by atoms with Gasteiger partial charge in [-0.2, -0.15) is 0 Å². The highest BCUT2D eigenvalue weighted by Crippen LogP contribution is 2.54. The molecular formula is C27H27ClFN5O3S. The van der Waals surface area contributed by atoms with Gasteiger partial charge in [0.05, 0.1) is 40.0 Å². The third kappa shape index (κ3) is 4.58. The number of pyridine rings is 3. The second-order valence-electron chi connectivity index (χ2n) is 10.5. The molecule has 3 fully saturated rings. The molecule has 3 aliphatic carbocycles. The Kier molecular flexibility index (Phi) is 6.42. The number of carbonyl (C=O) groups excluding carboxylic acids is 2. The maximum atomic E-state index is 14.8. The van der Waals surface area contributed by atoms with Crippen LogP contribution < -0.4 is 15.4 Å². The van der Waals surface area contributed by atoms with Crippen LogP contribution in [0.25, 0.3) is 11.0 Å². The third-order valence-electron chi connectivity index (χ3n) is 8.41. The zero-order chi connectivity index (χ0) is 26.5. The molecule has 0 aromatic carbocycles. The lowest BCUT2D eigenvalue weighted by molar-refractivity contribution is -0.113. The number of rotatable bonds is 6. The first-order valence-electron chi connectivity index (χ1n) is 12.7. The molecule has 7 rings (SSSR count). The molecule has 11 heteroatoms. The van der Waals surface area contributed by atoms with Gasteiger partial charge in [0.1, 0.15) is 17.3 Å². The van der Waals surface area contributed by atoms with Crippen molar-refractivity contribution in [1.82, 2.24) is 20.3 Å². The van der Waals surface area contributed by atoms with Crippen LogP contribution in [0.5, 0.6) is 5.88 Å². The van der Waals surface area contributed by atoms with Crippen LogP contribution in [0.4, 0.5) is 10.2 Å². The molecule has 0 unspecified atom stereocenters. The number of ether oxygens (including phenoxy) is 1. The van der Waals surface area contributed by atoms with E-state index in [9.17, 15) is 14.0 Å². The third-order valence-corrected chi connectivity index (χ3v) is 9.72. The Labute approximate surface area is 228 Å². The van der Waals surface area contributed by atoms with Crippen LogP contribution in [0, 0.1) is 11.2 Å². The molecule has 2 N–H and O–H groups in total. The zero-order valence-corrected chi connectivity index (χ0v) is 22.5. The number of hydrogen-bond donors (Lipinski definition) is 2. The van der Waals surface area contributed by atoms with E-state index in [4.69, 9.17) is 16.3 Å². The number of thioether (sulfide) groups is 1. The van der Waals surface area contributed by atoms with Gasteiger partial charge in [-0.15, -0.1) is 11.8 Å². The van der Waals surface area contributed by atoms with Crippen LogP contribution in [0.1, 0.15) is 61.0 Å². The first-order chi connectivity index (χ1) is 18.3. The summed E-state index contributed by atoms with van der Waals surface area (Å²) in [6.07, 6.45) is 8.09. The number of nitrogens with zero attached hydrogens (tertiary/aromatic N) is 3. The van der Waals surface area contributed by atoms with E-state index in [1.54, 1.807) is 25.3 Å². The van der Waals surface area contributed by atoms with E-state index >= 15 is 0 Å². The van der Waals surface area contributed by atoms with Crippen LogP contribution >= 0.6 is 23.4 Å². The van der Waals surface area contributed by atoms with Crippen molar-refractivity contribution in [3.63, 3.8) is 0 Å². The lowest BCUT2D eigenvalue weighted by Gasteiger charge is -2.54. The molecule has 2 amide bonds. The number of amides is 2. The second-order valence-corrected chi connectivity index (χ2v) is 12.0. The average Bonchev–Trinajstić information content (AvgIpc) is 2.93. The number of hydrogen-bond acceptors (Lipinski definition) is 7. The number of halogens is 2. The van der Waals surface area contributed by atoms with E-state index in [0.29, 0.717) is 40.5 Å². The minimum absolute atomic E-state index is 0.108. The minimum Gasteiger partial charge on any atom is -0.481 e. The monoisotopic (exact) mass is 555 g/mol. The molecule has 3 aromatic heterocycles. The van der Waals surface area contributed by atoms with Crippen LogP contribution in [0.2, 0.25) is 5.02 Å². The average molecular weight is 556 g/mol. The molecule has 4 heterocycles. The molecule has 2 bridgehead atoms. The highest BCUT2D eigenvalue weighted by molar-refractivity contribution is 8.00. The van der Waals surface area contributed by atoms with Gasteiger partial charge in [-0.25, -0.2) is 14.4 Å². The van der Waals surface area contributed by atoms with Gasteiger partial charge in [-0.3, -0.25) is 14.6 Å². The van der Waals surface area contributed by atoms with Gasteiger partial charge in [-0.05, 0) is 68.9 Å². The fourth-order valence-corrected chi connectivity index (χ4v) is 7.18. The molecule has 0 atom stereocenters. The van der Waals surface area contributed by atoms with Crippen LogP contribution in [-0.4, -0.2) is 45.2 Å². The van der Waals surface area contributed by atoms with Gasteiger partial charge < -0.3 is 15.4 Å². The lowest BCUT2D eigenvalue weighted by atomic mass is 9.55. The molecule has 4 aliphatic rings. The summed E-state index contributed by atoms with van der Waals surface area (Å²) in [6, 6.07) is 5.23. The first kappa shape index (κ1) is 25.3. The lowest BCUT2D eigenvalue weighted by Crippen LogP contribution is -2.56. The van der Waals surface area contributed by atoms with Crippen molar-refractivity contribution in [3.8, 4) is 5.88 Å². The van der Waals surface area contributed by atoms with Crippen LogP contribution in [-0.2, 0) is 11.2 Å². The van der Waals surface area contributed by atoms with Gasteiger partial charge in [0, 0.05) is 17.2 Å². The highest BCUT2D eigenvalue weighted by atomic mass is 35.5. The van der Waals surface area contributed by atoms with E-state index in [0.717, 1.165) is 49.8 Å². The topological polar surface area (TPSA) is 106 Å². The van der Waals surface area contributed by atoms with E-state index in [1.807, 2.05) is 0 Å². The number of methoxy groups -OCH3 is 1. The summed E-state index contributed by atoms with van der Waals surface area (Å²) in [7, 11) is 1.54. The normalized spacial score (nSPS) is 24.1. The van der Waals surface area contributed by atoms with Gasteiger partial charge in [0.15, 0.2) is 0 Å². The van der Waals surface area contributed by atoms with Crippen molar-refractivity contribution in [2.45, 2.75) is 61.8 Å². The van der Waals surface area contributed by atoms with Crippen molar-refractivity contribution in [3.05, 3.63) is 46.5 Å². The molecule has 0 spiro atoms. The standard InChI is InChI=1S/C27H27ClFN5O3S/c1-37-21-3-2-18-22(32-21)15(17(29)13-30-18)4-5-26-6-9-27(10-7-26,11-8-26)34-25(36)23-16(28)12-19-24(33-23)31-20(35)14-38-19/h2-3,12-13H,4-11,14H2,1H3,(H,34,36)(H,31,33,35). The molecule has 198 valence electrons. The van der Waals surface area contributed by atoms with E-state index < -0.39 is 0 Å². The molecule has 0 radical (unpaired) electrons.